The minimum absolute atomic E-state index is 0.121. The van der Waals surface area contributed by atoms with Gasteiger partial charge in [0, 0.05) is 12.2 Å². The molecular weight excluding hydrogens is 214 g/mol. The summed E-state index contributed by atoms with van der Waals surface area (Å²) in [5, 5.41) is 11.1. The van der Waals surface area contributed by atoms with Crippen LogP contribution in [0.2, 0.25) is 0 Å². The van der Waals surface area contributed by atoms with E-state index >= 15 is 0 Å². The molecule has 4 nitrogen and oxygen atoms in total. The molecule has 1 amide bonds. The van der Waals surface area contributed by atoms with E-state index in [4.69, 9.17) is 5.11 Å². The third kappa shape index (κ3) is 7.25. The van der Waals surface area contributed by atoms with Crippen LogP contribution in [0.1, 0.15) is 39.0 Å². The normalized spacial score (nSPS) is 12.1. The summed E-state index contributed by atoms with van der Waals surface area (Å²) in [6, 6.07) is -0.869. The third-order valence-corrected chi connectivity index (χ3v) is 2.44. The van der Waals surface area contributed by atoms with E-state index in [1.54, 1.807) is 0 Å². The summed E-state index contributed by atoms with van der Waals surface area (Å²) in [7, 11) is 0. The van der Waals surface area contributed by atoms with E-state index in [1.165, 1.54) is 0 Å². The van der Waals surface area contributed by atoms with Gasteiger partial charge in [0.05, 0.1) is 0 Å². The maximum atomic E-state index is 11.3. The largest absolute Gasteiger partial charge is 0.480 e. The standard InChI is InChI=1S/C10H19NO3S/c1-2-3-4-5-6-9(12)11-8(7-15)10(13)14/h8,15H,2-7H2,1H3,(H,11,12)(H,13,14)/t8-/m0/s1. The van der Waals surface area contributed by atoms with Gasteiger partial charge in [-0.25, -0.2) is 4.79 Å². The molecule has 0 aromatic rings. The highest BCUT2D eigenvalue weighted by atomic mass is 32.1. The zero-order chi connectivity index (χ0) is 11.7. The van der Waals surface area contributed by atoms with Crippen LogP contribution in [0, 0.1) is 0 Å². The molecule has 0 unspecified atom stereocenters. The molecule has 0 radical (unpaired) electrons. The van der Waals surface area contributed by atoms with Crippen molar-refractivity contribution in [2.24, 2.45) is 0 Å². The second-order valence-corrected chi connectivity index (χ2v) is 3.82. The number of carboxylic acid groups (broad SMARTS) is 1. The number of amides is 1. The Morgan fingerprint density at radius 2 is 2.00 bits per heavy atom. The fraction of sp³-hybridized carbons (Fsp3) is 0.800. The minimum atomic E-state index is -1.04. The number of hydrogen-bond donors (Lipinski definition) is 3. The van der Waals surface area contributed by atoms with Gasteiger partial charge in [0.1, 0.15) is 6.04 Å². The molecule has 0 spiro atoms. The first-order chi connectivity index (χ1) is 7.11. The highest BCUT2D eigenvalue weighted by Crippen LogP contribution is 2.02. The van der Waals surface area contributed by atoms with Crippen LogP contribution in [0.15, 0.2) is 0 Å². The van der Waals surface area contributed by atoms with Crippen LogP contribution in [-0.2, 0) is 9.59 Å². The fourth-order valence-electron chi connectivity index (χ4n) is 1.16. The molecule has 2 N–H and O–H groups in total. The number of carboxylic acids is 1. The van der Waals surface area contributed by atoms with Crippen LogP contribution < -0.4 is 5.32 Å². The number of carbonyl (C=O) groups is 2. The number of carbonyl (C=O) groups excluding carboxylic acids is 1. The highest BCUT2D eigenvalue weighted by Gasteiger charge is 2.17. The minimum Gasteiger partial charge on any atom is -0.480 e. The summed E-state index contributed by atoms with van der Waals surface area (Å²) < 4.78 is 0. The molecule has 0 aliphatic carbocycles. The van der Waals surface area contributed by atoms with Crippen LogP contribution in [0.5, 0.6) is 0 Å². The topological polar surface area (TPSA) is 66.4 Å². The van der Waals surface area contributed by atoms with Crippen LogP contribution in [0.4, 0.5) is 0 Å². The fourth-order valence-corrected chi connectivity index (χ4v) is 1.41. The van der Waals surface area contributed by atoms with Gasteiger partial charge in [0.15, 0.2) is 0 Å². The first kappa shape index (κ1) is 14.3. The van der Waals surface area contributed by atoms with E-state index in [0.717, 1.165) is 25.7 Å². The predicted octanol–water partition coefficient (Wildman–Crippen LogP) is 1.46. The van der Waals surface area contributed by atoms with Crippen LogP contribution in [0.3, 0.4) is 0 Å². The van der Waals surface area contributed by atoms with Crippen LogP contribution >= 0.6 is 12.6 Å². The lowest BCUT2D eigenvalue weighted by Crippen LogP contribution is -2.42. The summed E-state index contributed by atoms with van der Waals surface area (Å²) in [6.45, 7) is 2.10. The van der Waals surface area contributed by atoms with Crippen molar-refractivity contribution in [3.63, 3.8) is 0 Å². The van der Waals surface area contributed by atoms with Crippen molar-refractivity contribution in [1.29, 1.82) is 0 Å². The summed E-state index contributed by atoms with van der Waals surface area (Å²) in [6.07, 6.45) is 4.47. The molecular formula is C10H19NO3S. The molecule has 0 saturated heterocycles. The molecule has 0 saturated carbocycles. The molecule has 0 fully saturated rings. The Hall–Kier alpha value is -0.710. The quantitative estimate of drug-likeness (QED) is 0.439. The van der Waals surface area contributed by atoms with Gasteiger partial charge in [-0.05, 0) is 6.42 Å². The Balaban J connectivity index is 3.67. The molecule has 0 aliphatic heterocycles. The van der Waals surface area contributed by atoms with Crippen molar-refractivity contribution in [3.05, 3.63) is 0 Å². The SMILES string of the molecule is CCCCCCC(=O)N[C@@H](CS)C(=O)O. The molecule has 5 heteroatoms. The van der Waals surface area contributed by atoms with Gasteiger partial charge in [0.25, 0.3) is 0 Å². The van der Waals surface area contributed by atoms with Crippen molar-refractivity contribution < 1.29 is 14.7 Å². The van der Waals surface area contributed by atoms with Crippen LogP contribution in [0.25, 0.3) is 0 Å². The van der Waals surface area contributed by atoms with Gasteiger partial charge >= 0.3 is 5.97 Å². The highest BCUT2D eigenvalue weighted by molar-refractivity contribution is 7.80. The van der Waals surface area contributed by atoms with E-state index in [0.29, 0.717) is 6.42 Å². The second kappa shape index (κ2) is 8.59. The molecule has 1 atom stereocenters. The van der Waals surface area contributed by atoms with E-state index < -0.39 is 12.0 Å². The first-order valence-corrected chi connectivity index (χ1v) is 5.88. The van der Waals surface area contributed by atoms with Gasteiger partial charge in [-0.3, -0.25) is 4.79 Å². The number of hydrogen-bond acceptors (Lipinski definition) is 3. The maximum absolute atomic E-state index is 11.3. The summed E-state index contributed by atoms with van der Waals surface area (Å²) in [5.41, 5.74) is 0. The van der Waals surface area contributed by atoms with Gasteiger partial charge in [-0.15, -0.1) is 0 Å². The van der Waals surface area contributed by atoms with Crippen molar-refractivity contribution in [1.82, 2.24) is 5.32 Å². The number of aliphatic carboxylic acids is 1. The summed E-state index contributed by atoms with van der Waals surface area (Å²) in [5.74, 6) is -1.12. The molecule has 0 heterocycles. The average molecular weight is 233 g/mol. The molecule has 0 aromatic heterocycles. The first-order valence-electron chi connectivity index (χ1n) is 5.24. The van der Waals surface area contributed by atoms with E-state index in [2.05, 4.69) is 24.9 Å². The van der Waals surface area contributed by atoms with Crippen molar-refractivity contribution >= 4 is 24.5 Å². The van der Waals surface area contributed by atoms with E-state index in [1.807, 2.05) is 0 Å². The zero-order valence-electron chi connectivity index (χ0n) is 9.03. The van der Waals surface area contributed by atoms with E-state index in [9.17, 15) is 9.59 Å². The Morgan fingerprint density at radius 1 is 1.33 bits per heavy atom. The van der Waals surface area contributed by atoms with Crippen molar-refractivity contribution in [2.75, 3.05) is 5.75 Å². The molecule has 0 aliphatic rings. The van der Waals surface area contributed by atoms with Gasteiger partial charge < -0.3 is 10.4 Å². The lowest BCUT2D eigenvalue weighted by atomic mass is 10.1. The smallest absolute Gasteiger partial charge is 0.327 e. The Labute approximate surface area is 95.8 Å². The molecule has 88 valence electrons. The van der Waals surface area contributed by atoms with Gasteiger partial charge in [-0.1, -0.05) is 26.2 Å². The number of thiol groups is 1. The number of nitrogens with one attached hydrogen (secondary N) is 1. The number of rotatable bonds is 8. The lowest BCUT2D eigenvalue weighted by molar-refractivity contribution is -0.141. The van der Waals surface area contributed by atoms with Crippen LogP contribution in [-0.4, -0.2) is 28.8 Å². The molecule has 0 aromatic carbocycles. The average Bonchev–Trinajstić information content (AvgIpc) is 2.20. The Kier molecular flexibility index (Phi) is 8.18. The third-order valence-electron chi connectivity index (χ3n) is 2.07. The molecule has 15 heavy (non-hydrogen) atoms. The Bertz CT molecular complexity index is 209. The van der Waals surface area contributed by atoms with Gasteiger partial charge in [0.2, 0.25) is 5.91 Å². The predicted molar refractivity (Wildman–Crippen MR) is 62.2 cm³/mol. The molecule has 0 bridgehead atoms. The molecule has 0 rings (SSSR count). The maximum Gasteiger partial charge on any atom is 0.327 e. The van der Waals surface area contributed by atoms with E-state index in [-0.39, 0.29) is 11.7 Å². The van der Waals surface area contributed by atoms with Crippen molar-refractivity contribution in [3.8, 4) is 0 Å². The number of unbranched alkanes of at least 4 members (excludes halogenated alkanes) is 3. The lowest BCUT2D eigenvalue weighted by Gasteiger charge is -2.11. The van der Waals surface area contributed by atoms with Crippen molar-refractivity contribution in [2.45, 2.75) is 45.1 Å². The summed E-state index contributed by atoms with van der Waals surface area (Å²) >= 11 is 3.86. The monoisotopic (exact) mass is 233 g/mol. The Morgan fingerprint density at radius 3 is 2.47 bits per heavy atom. The second-order valence-electron chi connectivity index (χ2n) is 3.45. The van der Waals surface area contributed by atoms with Gasteiger partial charge in [-0.2, -0.15) is 12.6 Å². The zero-order valence-corrected chi connectivity index (χ0v) is 9.93. The summed E-state index contributed by atoms with van der Waals surface area (Å²) in [4.78, 5) is 21.9.